The lowest BCUT2D eigenvalue weighted by molar-refractivity contribution is 0.103. The van der Waals surface area contributed by atoms with Gasteiger partial charge in [-0.05, 0) is 191 Å². The average Bonchev–Trinajstić information content (AvgIpc) is 3.43. The van der Waals surface area contributed by atoms with Crippen molar-refractivity contribution in [3.8, 4) is 44.5 Å². The maximum Gasteiger partial charge on any atom is 0.193 e. The van der Waals surface area contributed by atoms with Gasteiger partial charge in [0.1, 0.15) is 0 Å². The molecule has 1 nitrogen and oxygen atoms in total. The lowest BCUT2D eigenvalue weighted by atomic mass is 9.85. The second-order valence-electron chi connectivity index (χ2n) is 18.7. The molecule has 0 N–H and O–H groups in total. The second-order valence-corrected chi connectivity index (χ2v) is 18.7. The third kappa shape index (κ3) is 6.44. The molecule has 14 aromatic rings. The molecule has 0 radical (unpaired) electrons. The molecule has 0 aromatic heterocycles. The zero-order valence-corrected chi connectivity index (χ0v) is 38.2. The molecule has 0 aliphatic heterocycles. The first-order valence-electron chi connectivity index (χ1n) is 24.1. The molecule has 0 aliphatic carbocycles. The molecule has 0 amide bonds. The normalized spacial score (nSPS) is 11.8. The fourth-order valence-electron chi connectivity index (χ4n) is 11.5. The number of benzene rings is 14. The van der Waals surface area contributed by atoms with E-state index in [1.54, 1.807) is 0 Å². The summed E-state index contributed by atoms with van der Waals surface area (Å²) in [7, 11) is 0. The van der Waals surface area contributed by atoms with Gasteiger partial charge in [-0.15, -0.1) is 0 Å². The van der Waals surface area contributed by atoms with Gasteiger partial charge in [-0.25, -0.2) is 0 Å². The Kier molecular flexibility index (Phi) is 9.12. The Labute approximate surface area is 405 Å². The fourth-order valence-corrected chi connectivity index (χ4v) is 11.5. The van der Waals surface area contributed by atoms with Crippen LogP contribution in [0.2, 0.25) is 0 Å². The van der Waals surface area contributed by atoms with Crippen LogP contribution in [0.15, 0.2) is 255 Å². The van der Waals surface area contributed by atoms with E-state index in [1.165, 1.54) is 43.1 Å². The maximum atomic E-state index is 16.1. The summed E-state index contributed by atoms with van der Waals surface area (Å²) >= 11 is 0. The van der Waals surface area contributed by atoms with Crippen molar-refractivity contribution in [2.75, 3.05) is 0 Å². The van der Waals surface area contributed by atoms with Gasteiger partial charge in [0.15, 0.2) is 5.78 Å². The summed E-state index contributed by atoms with van der Waals surface area (Å²) in [5, 5.41) is 18.8. The highest BCUT2D eigenvalue weighted by Gasteiger charge is 2.21. The maximum absolute atomic E-state index is 16.1. The Balaban J connectivity index is 1.06. The highest BCUT2D eigenvalue weighted by Crippen LogP contribution is 2.43. The highest BCUT2D eigenvalue weighted by molar-refractivity contribution is 6.20. The molecule has 0 spiro atoms. The van der Waals surface area contributed by atoms with Crippen LogP contribution in [-0.2, 0) is 0 Å². The lowest BCUT2D eigenvalue weighted by Gasteiger charge is -2.18. The van der Waals surface area contributed by atoms with Crippen LogP contribution in [0.5, 0.6) is 0 Å². The third-order valence-corrected chi connectivity index (χ3v) is 14.7. The van der Waals surface area contributed by atoms with Gasteiger partial charge in [0.2, 0.25) is 0 Å². The van der Waals surface area contributed by atoms with Gasteiger partial charge < -0.3 is 0 Å². The van der Waals surface area contributed by atoms with E-state index in [4.69, 9.17) is 0 Å². The minimum absolute atomic E-state index is 0.0309. The van der Waals surface area contributed by atoms with Crippen LogP contribution in [0.1, 0.15) is 15.9 Å². The molecule has 0 saturated heterocycles. The van der Waals surface area contributed by atoms with E-state index in [-0.39, 0.29) is 5.78 Å². The molecule has 14 rings (SSSR count). The van der Waals surface area contributed by atoms with E-state index in [9.17, 15) is 0 Å². The quantitative estimate of drug-likeness (QED) is 0.120. The van der Waals surface area contributed by atoms with E-state index in [2.05, 4.69) is 255 Å². The minimum atomic E-state index is -0.0309. The molecule has 14 aromatic carbocycles. The van der Waals surface area contributed by atoms with Crippen molar-refractivity contribution in [3.63, 3.8) is 0 Å². The number of rotatable bonds is 6. The largest absolute Gasteiger partial charge is 0.289 e. The Morgan fingerprint density at radius 2 is 0.400 bits per heavy atom. The standard InChI is InChI=1S/C69H42O/c70-69(51-35-47(65-39-43-17-1-5-21-53(43)57-25-9-13-29-61(57)65)33-48(36-51)66-40-44-18-2-6-22-54(44)58-26-10-14-30-62(58)66)52-37-49(67-41-45-19-3-7-23-55(45)59-27-11-15-31-63(59)67)34-50(38-52)68-42-46-20-4-8-24-56(46)60-28-12-16-32-64(60)68/h1-42H. The summed E-state index contributed by atoms with van der Waals surface area (Å²) in [6.45, 7) is 0. The number of hydrogen-bond acceptors (Lipinski definition) is 1. The molecule has 0 bridgehead atoms. The van der Waals surface area contributed by atoms with Gasteiger partial charge in [0.05, 0.1) is 0 Å². The fraction of sp³-hybridized carbons (Fsp3) is 0. The first-order valence-corrected chi connectivity index (χ1v) is 24.1. The Bertz CT molecular complexity index is 3940. The summed E-state index contributed by atoms with van der Waals surface area (Å²) in [6.07, 6.45) is 0. The minimum Gasteiger partial charge on any atom is -0.289 e. The summed E-state index contributed by atoms with van der Waals surface area (Å²) in [6, 6.07) is 91.5. The number of ketones is 1. The van der Waals surface area contributed by atoms with Crippen molar-refractivity contribution in [1.29, 1.82) is 0 Å². The highest BCUT2D eigenvalue weighted by atomic mass is 16.1. The van der Waals surface area contributed by atoms with Gasteiger partial charge in [-0.2, -0.15) is 0 Å². The Morgan fingerprint density at radius 1 is 0.200 bits per heavy atom. The van der Waals surface area contributed by atoms with Crippen molar-refractivity contribution in [1.82, 2.24) is 0 Å². The molecule has 0 fully saturated rings. The summed E-state index contributed by atoms with van der Waals surface area (Å²) in [5.41, 5.74) is 9.63. The van der Waals surface area contributed by atoms with Crippen molar-refractivity contribution in [3.05, 3.63) is 266 Å². The molecule has 0 unspecified atom stereocenters. The molecule has 1 heteroatoms. The summed E-state index contributed by atoms with van der Waals surface area (Å²) in [4.78, 5) is 16.1. The summed E-state index contributed by atoms with van der Waals surface area (Å²) < 4.78 is 0. The van der Waals surface area contributed by atoms with Gasteiger partial charge in [0.25, 0.3) is 0 Å². The molecule has 0 heterocycles. The molecule has 0 atom stereocenters. The van der Waals surface area contributed by atoms with E-state index < -0.39 is 0 Å². The predicted octanol–water partition coefficient (Wildman–Crippen LogP) is 18.8. The van der Waals surface area contributed by atoms with Crippen LogP contribution < -0.4 is 0 Å². The monoisotopic (exact) mass is 886 g/mol. The third-order valence-electron chi connectivity index (χ3n) is 14.7. The lowest BCUT2D eigenvalue weighted by Crippen LogP contribution is -2.04. The zero-order chi connectivity index (χ0) is 46.3. The van der Waals surface area contributed by atoms with Gasteiger partial charge in [-0.1, -0.05) is 194 Å². The molecule has 0 saturated carbocycles. The smallest absolute Gasteiger partial charge is 0.193 e. The molecule has 70 heavy (non-hydrogen) atoms. The van der Waals surface area contributed by atoms with Crippen LogP contribution in [0.25, 0.3) is 131 Å². The number of carbonyl (C=O) groups excluding carboxylic acids is 1. The average molecular weight is 887 g/mol. The Hall–Kier alpha value is -9.17. The first kappa shape index (κ1) is 39.9. The second kappa shape index (κ2) is 16.0. The van der Waals surface area contributed by atoms with E-state index >= 15 is 4.79 Å². The van der Waals surface area contributed by atoms with E-state index in [1.807, 2.05) is 0 Å². The first-order chi connectivity index (χ1) is 34.6. The van der Waals surface area contributed by atoms with Crippen molar-refractivity contribution in [2.45, 2.75) is 0 Å². The van der Waals surface area contributed by atoms with Crippen molar-refractivity contribution >= 4 is 92.0 Å². The number of hydrogen-bond donors (Lipinski definition) is 0. The zero-order valence-electron chi connectivity index (χ0n) is 38.2. The van der Waals surface area contributed by atoms with Crippen LogP contribution in [0, 0.1) is 0 Å². The molecular weight excluding hydrogens is 845 g/mol. The molecule has 324 valence electrons. The van der Waals surface area contributed by atoms with Crippen LogP contribution in [0.4, 0.5) is 0 Å². The molecular formula is C69H42O. The molecule has 0 aliphatic rings. The number of fused-ring (bicyclic) bond motifs is 12. The predicted molar refractivity (Wildman–Crippen MR) is 298 cm³/mol. The SMILES string of the molecule is O=C(c1cc(-c2cc3ccccc3c3ccccc23)cc(-c2cc3ccccc3c3ccccc23)c1)c1cc(-c2cc3ccccc3c3ccccc23)cc(-c2cc3ccccc3c3ccccc23)c1. The van der Waals surface area contributed by atoms with Gasteiger partial charge >= 0.3 is 0 Å². The number of carbonyl (C=O) groups is 1. The van der Waals surface area contributed by atoms with E-state index in [0.29, 0.717) is 11.1 Å². The van der Waals surface area contributed by atoms with Crippen LogP contribution in [-0.4, -0.2) is 5.78 Å². The van der Waals surface area contributed by atoms with Crippen LogP contribution >= 0.6 is 0 Å². The van der Waals surface area contributed by atoms with Gasteiger partial charge in [0, 0.05) is 11.1 Å². The van der Waals surface area contributed by atoms with Crippen molar-refractivity contribution in [2.24, 2.45) is 0 Å². The topological polar surface area (TPSA) is 17.1 Å². The van der Waals surface area contributed by atoms with E-state index in [0.717, 1.165) is 87.6 Å². The van der Waals surface area contributed by atoms with Crippen molar-refractivity contribution < 1.29 is 4.79 Å². The van der Waals surface area contributed by atoms with Crippen LogP contribution in [0.3, 0.4) is 0 Å². The van der Waals surface area contributed by atoms with Gasteiger partial charge in [-0.3, -0.25) is 4.79 Å². The Morgan fingerprint density at radius 3 is 0.643 bits per heavy atom. The summed E-state index contributed by atoms with van der Waals surface area (Å²) in [5.74, 6) is -0.0309.